The Bertz CT molecular complexity index is 230. The van der Waals surface area contributed by atoms with E-state index in [0.29, 0.717) is 6.04 Å². The predicted molar refractivity (Wildman–Crippen MR) is 64.7 cm³/mol. The smallest absolute Gasteiger partial charge is 0.00458 e. The number of hydrogen-bond acceptors (Lipinski definition) is 2. The Kier molecular flexibility index (Phi) is 5.20. The molecule has 2 atom stereocenters. The Morgan fingerprint density at radius 1 is 1.50 bits per heavy atom. The topological polar surface area (TPSA) is 26.0 Å². The van der Waals surface area contributed by atoms with Crippen LogP contribution in [0.3, 0.4) is 0 Å². The van der Waals surface area contributed by atoms with Gasteiger partial charge in [0.25, 0.3) is 0 Å². The molecule has 0 saturated carbocycles. The highest BCUT2D eigenvalue weighted by Crippen LogP contribution is 2.15. The Morgan fingerprint density at radius 2 is 2.29 bits per heavy atom. The lowest BCUT2D eigenvalue weighted by Crippen LogP contribution is -2.23. The maximum absolute atomic E-state index is 6.07. The monoisotopic (exact) mass is 211 g/mol. The highest BCUT2D eigenvalue weighted by molar-refractivity contribution is 7.09. The maximum Gasteiger partial charge on any atom is 0.00458 e. The Morgan fingerprint density at radius 3 is 2.86 bits per heavy atom. The van der Waals surface area contributed by atoms with E-state index in [0.717, 1.165) is 18.8 Å². The van der Waals surface area contributed by atoms with E-state index < -0.39 is 0 Å². The first kappa shape index (κ1) is 11.7. The van der Waals surface area contributed by atoms with Crippen molar-refractivity contribution in [3.8, 4) is 0 Å². The first-order valence-electron chi connectivity index (χ1n) is 5.50. The molecule has 14 heavy (non-hydrogen) atoms. The molecule has 1 heterocycles. The lowest BCUT2D eigenvalue weighted by atomic mass is 9.97. The summed E-state index contributed by atoms with van der Waals surface area (Å²) in [5.41, 5.74) is 6.07. The zero-order chi connectivity index (χ0) is 10.4. The summed E-state index contributed by atoms with van der Waals surface area (Å²) in [6, 6.07) is 4.69. The summed E-state index contributed by atoms with van der Waals surface area (Å²) in [6.45, 7) is 4.52. The molecule has 0 aliphatic carbocycles. The third kappa shape index (κ3) is 4.25. The molecule has 1 aromatic rings. The lowest BCUT2D eigenvalue weighted by molar-refractivity contribution is 0.437. The van der Waals surface area contributed by atoms with Gasteiger partial charge in [-0.3, -0.25) is 0 Å². The minimum atomic E-state index is 0.382. The fourth-order valence-corrected chi connectivity index (χ4v) is 2.31. The van der Waals surface area contributed by atoms with Crippen molar-refractivity contribution in [3.05, 3.63) is 22.4 Å². The van der Waals surface area contributed by atoms with Gasteiger partial charge in [-0.15, -0.1) is 11.3 Å². The van der Waals surface area contributed by atoms with Gasteiger partial charge in [0.15, 0.2) is 0 Å². The van der Waals surface area contributed by atoms with Gasteiger partial charge in [-0.1, -0.05) is 26.3 Å². The van der Waals surface area contributed by atoms with Crippen molar-refractivity contribution in [2.75, 3.05) is 0 Å². The van der Waals surface area contributed by atoms with Crippen LogP contribution in [-0.4, -0.2) is 6.04 Å². The molecule has 0 radical (unpaired) electrons. The minimum Gasteiger partial charge on any atom is -0.328 e. The van der Waals surface area contributed by atoms with E-state index in [1.54, 1.807) is 0 Å². The Labute approximate surface area is 91.3 Å². The normalized spacial score (nSPS) is 15.4. The largest absolute Gasteiger partial charge is 0.328 e. The Balaban J connectivity index is 2.18. The third-order valence-electron chi connectivity index (χ3n) is 2.74. The Hall–Kier alpha value is -0.340. The molecule has 2 heteroatoms. The van der Waals surface area contributed by atoms with Gasteiger partial charge >= 0.3 is 0 Å². The SMILES string of the molecule is CCC(C)CC(N)CCc1cccs1. The highest BCUT2D eigenvalue weighted by Gasteiger charge is 2.07. The molecule has 0 fully saturated rings. The van der Waals surface area contributed by atoms with Crippen LogP contribution in [-0.2, 0) is 6.42 Å². The second kappa shape index (κ2) is 6.20. The molecule has 0 bridgehead atoms. The lowest BCUT2D eigenvalue weighted by Gasteiger charge is -2.15. The second-order valence-electron chi connectivity index (χ2n) is 4.13. The molecule has 0 spiro atoms. The van der Waals surface area contributed by atoms with Gasteiger partial charge in [0, 0.05) is 10.9 Å². The third-order valence-corrected chi connectivity index (χ3v) is 3.68. The zero-order valence-corrected chi connectivity index (χ0v) is 10.0. The number of nitrogens with two attached hydrogens (primary N) is 1. The van der Waals surface area contributed by atoms with Crippen LogP contribution in [0.1, 0.15) is 38.0 Å². The summed E-state index contributed by atoms with van der Waals surface area (Å²) in [6.07, 6.45) is 4.69. The summed E-state index contributed by atoms with van der Waals surface area (Å²) in [4.78, 5) is 1.46. The molecule has 1 aromatic heterocycles. The molecule has 1 nitrogen and oxygen atoms in total. The maximum atomic E-state index is 6.07. The zero-order valence-electron chi connectivity index (χ0n) is 9.20. The molecule has 0 aliphatic heterocycles. The molecule has 1 rings (SSSR count). The summed E-state index contributed by atoms with van der Waals surface area (Å²) < 4.78 is 0. The summed E-state index contributed by atoms with van der Waals surface area (Å²) in [5, 5.41) is 2.13. The van der Waals surface area contributed by atoms with E-state index in [9.17, 15) is 0 Å². The molecule has 0 saturated heterocycles. The number of hydrogen-bond donors (Lipinski definition) is 1. The van der Waals surface area contributed by atoms with Crippen LogP contribution in [0.15, 0.2) is 17.5 Å². The molecule has 0 amide bonds. The molecule has 0 aromatic carbocycles. The van der Waals surface area contributed by atoms with Gasteiger partial charge in [-0.25, -0.2) is 0 Å². The fraction of sp³-hybridized carbons (Fsp3) is 0.667. The van der Waals surface area contributed by atoms with E-state index in [1.807, 2.05) is 11.3 Å². The van der Waals surface area contributed by atoms with Crippen molar-refractivity contribution in [1.82, 2.24) is 0 Å². The van der Waals surface area contributed by atoms with Crippen LogP contribution in [0, 0.1) is 5.92 Å². The van der Waals surface area contributed by atoms with Crippen LogP contribution >= 0.6 is 11.3 Å². The second-order valence-corrected chi connectivity index (χ2v) is 5.16. The van der Waals surface area contributed by atoms with Crippen molar-refractivity contribution in [2.45, 2.75) is 45.6 Å². The van der Waals surface area contributed by atoms with Gasteiger partial charge in [0.1, 0.15) is 0 Å². The van der Waals surface area contributed by atoms with Gasteiger partial charge < -0.3 is 5.73 Å². The molecule has 0 aliphatic rings. The summed E-state index contributed by atoms with van der Waals surface area (Å²) in [5.74, 6) is 0.772. The number of thiophene rings is 1. The van der Waals surface area contributed by atoms with E-state index in [4.69, 9.17) is 5.73 Å². The summed E-state index contributed by atoms with van der Waals surface area (Å²) >= 11 is 1.83. The molecular weight excluding hydrogens is 190 g/mol. The van der Waals surface area contributed by atoms with Crippen molar-refractivity contribution in [2.24, 2.45) is 11.7 Å². The van der Waals surface area contributed by atoms with E-state index in [-0.39, 0.29) is 0 Å². The van der Waals surface area contributed by atoms with Crippen molar-refractivity contribution >= 4 is 11.3 Å². The first-order chi connectivity index (χ1) is 6.72. The van der Waals surface area contributed by atoms with E-state index in [2.05, 4.69) is 31.4 Å². The number of rotatable bonds is 6. The van der Waals surface area contributed by atoms with E-state index >= 15 is 0 Å². The van der Waals surface area contributed by atoms with Gasteiger partial charge in [0.05, 0.1) is 0 Å². The summed E-state index contributed by atoms with van der Waals surface area (Å²) in [7, 11) is 0. The standard InChI is InChI=1S/C12H21NS/c1-3-10(2)9-11(13)6-7-12-5-4-8-14-12/h4-5,8,10-11H,3,6-7,9,13H2,1-2H3. The first-order valence-corrected chi connectivity index (χ1v) is 6.38. The average Bonchev–Trinajstić information content (AvgIpc) is 2.67. The molecule has 2 N–H and O–H groups in total. The highest BCUT2D eigenvalue weighted by atomic mass is 32.1. The van der Waals surface area contributed by atoms with Crippen molar-refractivity contribution in [3.63, 3.8) is 0 Å². The van der Waals surface area contributed by atoms with Gasteiger partial charge in [-0.2, -0.15) is 0 Å². The minimum absolute atomic E-state index is 0.382. The van der Waals surface area contributed by atoms with Crippen LogP contribution < -0.4 is 5.73 Å². The molecule has 80 valence electrons. The van der Waals surface area contributed by atoms with Crippen LogP contribution in [0.5, 0.6) is 0 Å². The van der Waals surface area contributed by atoms with Crippen LogP contribution in [0.25, 0.3) is 0 Å². The van der Waals surface area contributed by atoms with Crippen molar-refractivity contribution < 1.29 is 0 Å². The predicted octanol–water partition coefficient (Wildman–Crippen LogP) is 3.44. The van der Waals surface area contributed by atoms with Crippen molar-refractivity contribution in [1.29, 1.82) is 0 Å². The van der Waals surface area contributed by atoms with Crippen LogP contribution in [0.2, 0.25) is 0 Å². The average molecular weight is 211 g/mol. The fourth-order valence-electron chi connectivity index (χ4n) is 1.58. The van der Waals surface area contributed by atoms with Crippen LogP contribution in [0.4, 0.5) is 0 Å². The van der Waals surface area contributed by atoms with Gasteiger partial charge in [-0.05, 0) is 36.6 Å². The quantitative estimate of drug-likeness (QED) is 0.766. The molecular formula is C12H21NS. The molecule has 2 unspecified atom stereocenters. The van der Waals surface area contributed by atoms with Gasteiger partial charge in [0.2, 0.25) is 0 Å². The number of aryl methyl sites for hydroxylation is 1. The van der Waals surface area contributed by atoms with E-state index in [1.165, 1.54) is 17.7 Å².